The molecule has 0 spiro atoms. The number of aromatic nitrogens is 2. The highest BCUT2D eigenvalue weighted by molar-refractivity contribution is 6.35. The van der Waals surface area contributed by atoms with E-state index in [0.717, 1.165) is 12.4 Å². The molecule has 0 saturated heterocycles. The van der Waals surface area contributed by atoms with Crippen molar-refractivity contribution in [1.82, 2.24) is 9.55 Å². The van der Waals surface area contributed by atoms with Gasteiger partial charge in [0.05, 0.1) is 27.6 Å². The molecular weight excluding hydrogens is 345 g/mol. The van der Waals surface area contributed by atoms with Gasteiger partial charge in [-0.15, -0.1) is 0 Å². The summed E-state index contributed by atoms with van der Waals surface area (Å²) in [6.07, 6.45) is 0.978. The fourth-order valence-corrected chi connectivity index (χ4v) is 2.40. The quantitative estimate of drug-likeness (QED) is 0.705. The van der Waals surface area contributed by atoms with Crippen molar-refractivity contribution in [2.24, 2.45) is 0 Å². The molecule has 0 fully saturated rings. The molecule has 0 amide bonds. The number of benzene rings is 2. The zero-order valence-electron chi connectivity index (χ0n) is 12.0. The summed E-state index contributed by atoms with van der Waals surface area (Å²) in [5, 5.41) is 1.94. The van der Waals surface area contributed by atoms with Crippen LogP contribution in [0, 0.1) is 11.6 Å². The molecule has 3 rings (SSSR count). The number of nitrogen functional groups attached to an aromatic ring is 1. The molecule has 2 aromatic carbocycles. The topological polar surface area (TPSA) is 72.9 Å². The van der Waals surface area contributed by atoms with Crippen LogP contribution in [0.3, 0.4) is 0 Å². The molecule has 1 heterocycles. The van der Waals surface area contributed by atoms with Crippen LogP contribution >= 0.6 is 11.6 Å². The van der Waals surface area contributed by atoms with Gasteiger partial charge in [-0.1, -0.05) is 11.6 Å². The van der Waals surface area contributed by atoms with Crippen molar-refractivity contribution in [3.05, 3.63) is 57.6 Å². The summed E-state index contributed by atoms with van der Waals surface area (Å²) in [6.45, 7) is -1.14. The molecule has 0 bridgehead atoms. The lowest BCUT2D eigenvalue weighted by molar-refractivity contribution is 0.367. The Morgan fingerprint density at radius 3 is 2.71 bits per heavy atom. The molecule has 0 saturated carbocycles. The number of hydrogen-bond acceptors (Lipinski definition) is 4. The minimum Gasteiger partial charge on any atom is -0.397 e. The van der Waals surface area contributed by atoms with Crippen LogP contribution in [0.1, 0.15) is 0 Å². The molecule has 3 aromatic rings. The Kier molecular flexibility index (Phi) is 4.06. The Balaban J connectivity index is 2.19. The Bertz CT molecular complexity index is 1010. The van der Waals surface area contributed by atoms with E-state index in [4.69, 9.17) is 17.3 Å². The summed E-state index contributed by atoms with van der Waals surface area (Å²) in [6, 6.07) is 4.95. The van der Waals surface area contributed by atoms with Crippen LogP contribution in [0.2, 0.25) is 5.02 Å². The molecular formula is C15H10ClF3N4O. The second-order valence-corrected chi connectivity index (χ2v) is 5.29. The molecule has 3 N–H and O–H groups in total. The molecule has 0 unspecified atom stereocenters. The van der Waals surface area contributed by atoms with E-state index in [1.54, 1.807) is 0 Å². The molecule has 5 nitrogen and oxygen atoms in total. The highest BCUT2D eigenvalue weighted by atomic mass is 35.5. The van der Waals surface area contributed by atoms with Crippen molar-refractivity contribution in [2.45, 2.75) is 6.80 Å². The third-order valence-corrected chi connectivity index (χ3v) is 3.85. The maximum atomic E-state index is 14.7. The van der Waals surface area contributed by atoms with Gasteiger partial charge in [-0.2, -0.15) is 0 Å². The third kappa shape index (κ3) is 2.54. The summed E-state index contributed by atoms with van der Waals surface area (Å²) < 4.78 is 41.9. The number of hydrogen-bond donors (Lipinski definition) is 2. The minimum atomic E-state index is -1.14. The number of anilines is 3. The van der Waals surface area contributed by atoms with Crippen LogP contribution in [-0.2, 0) is 6.80 Å². The molecule has 0 aliphatic heterocycles. The van der Waals surface area contributed by atoms with Crippen LogP contribution in [0.5, 0.6) is 0 Å². The fourth-order valence-electron chi connectivity index (χ4n) is 2.20. The van der Waals surface area contributed by atoms with Gasteiger partial charge < -0.3 is 11.1 Å². The molecule has 0 radical (unpaired) electrons. The van der Waals surface area contributed by atoms with Crippen molar-refractivity contribution >= 4 is 39.6 Å². The van der Waals surface area contributed by atoms with Crippen LogP contribution in [0.15, 0.2) is 35.4 Å². The van der Waals surface area contributed by atoms with Gasteiger partial charge in [0.15, 0.2) is 12.6 Å². The summed E-state index contributed by atoms with van der Waals surface area (Å²) >= 11 is 5.92. The highest BCUT2D eigenvalue weighted by Gasteiger charge is 2.17. The molecule has 0 aliphatic rings. The van der Waals surface area contributed by atoms with E-state index in [0.29, 0.717) is 4.57 Å². The second kappa shape index (κ2) is 6.04. The van der Waals surface area contributed by atoms with Crippen molar-refractivity contribution < 1.29 is 13.2 Å². The molecule has 1 aromatic heterocycles. The van der Waals surface area contributed by atoms with Gasteiger partial charge in [-0.3, -0.25) is 9.36 Å². The van der Waals surface area contributed by atoms with E-state index >= 15 is 0 Å². The van der Waals surface area contributed by atoms with E-state index < -0.39 is 29.4 Å². The lowest BCUT2D eigenvalue weighted by atomic mass is 10.2. The van der Waals surface area contributed by atoms with Gasteiger partial charge in [0.1, 0.15) is 17.5 Å². The molecule has 124 valence electrons. The maximum absolute atomic E-state index is 14.7. The fraction of sp³-hybridized carbons (Fsp3) is 0.0667. The van der Waals surface area contributed by atoms with E-state index in [9.17, 15) is 18.0 Å². The van der Waals surface area contributed by atoms with Gasteiger partial charge in [-0.05, 0) is 24.3 Å². The van der Waals surface area contributed by atoms with Crippen molar-refractivity contribution in [1.29, 1.82) is 0 Å². The molecule has 24 heavy (non-hydrogen) atoms. The minimum absolute atomic E-state index is 0.0481. The summed E-state index contributed by atoms with van der Waals surface area (Å²) in [5.74, 6) is -1.74. The van der Waals surface area contributed by atoms with Crippen LogP contribution in [0.4, 0.5) is 30.2 Å². The van der Waals surface area contributed by atoms with Gasteiger partial charge >= 0.3 is 0 Å². The number of nitrogens with zero attached hydrogens (tertiary/aromatic N) is 2. The molecule has 0 atom stereocenters. The zero-order chi connectivity index (χ0) is 17.4. The van der Waals surface area contributed by atoms with Crippen LogP contribution < -0.4 is 16.6 Å². The van der Waals surface area contributed by atoms with Gasteiger partial charge in [-0.25, -0.2) is 18.2 Å². The Hall–Kier alpha value is -2.74. The van der Waals surface area contributed by atoms with E-state index in [2.05, 4.69) is 10.3 Å². The Morgan fingerprint density at radius 2 is 2.00 bits per heavy atom. The number of rotatable bonds is 3. The second-order valence-electron chi connectivity index (χ2n) is 4.91. The average molecular weight is 355 g/mol. The predicted octanol–water partition coefficient (Wildman–Crippen LogP) is 3.58. The standard InChI is InChI=1S/C15H10ClF3N4O/c16-12-8(20)2-1-7(18)14(12)22-10-4-3-9-11(13(10)19)15(24)23(5-17)6-21-9/h1-4,6,22H,5,20H2. The SMILES string of the molecule is Nc1ccc(F)c(Nc2ccc3ncn(CF)c(=O)c3c2F)c1Cl. The van der Waals surface area contributed by atoms with Crippen LogP contribution in [-0.4, -0.2) is 9.55 Å². The van der Waals surface area contributed by atoms with E-state index in [1.165, 1.54) is 18.2 Å². The molecule has 0 aliphatic carbocycles. The largest absolute Gasteiger partial charge is 0.397 e. The first-order valence-electron chi connectivity index (χ1n) is 6.68. The van der Waals surface area contributed by atoms with E-state index in [-0.39, 0.29) is 27.6 Å². The van der Waals surface area contributed by atoms with Crippen molar-refractivity contribution in [3.63, 3.8) is 0 Å². The van der Waals surface area contributed by atoms with Crippen molar-refractivity contribution in [2.75, 3.05) is 11.1 Å². The average Bonchev–Trinajstić information content (AvgIpc) is 2.57. The normalized spacial score (nSPS) is 11.0. The maximum Gasteiger partial charge on any atom is 0.266 e. The van der Waals surface area contributed by atoms with Crippen molar-refractivity contribution in [3.8, 4) is 0 Å². The van der Waals surface area contributed by atoms with E-state index in [1.807, 2.05) is 0 Å². The third-order valence-electron chi connectivity index (χ3n) is 3.44. The lowest BCUT2D eigenvalue weighted by Gasteiger charge is -2.13. The van der Waals surface area contributed by atoms with Crippen LogP contribution in [0.25, 0.3) is 10.9 Å². The highest BCUT2D eigenvalue weighted by Crippen LogP contribution is 2.34. The number of halogens is 4. The smallest absolute Gasteiger partial charge is 0.266 e. The number of nitrogens with one attached hydrogen (secondary N) is 1. The first-order chi connectivity index (χ1) is 11.4. The Morgan fingerprint density at radius 1 is 1.25 bits per heavy atom. The first kappa shape index (κ1) is 16.1. The number of fused-ring (bicyclic) bond motifs is 1. The van der Waals surface area contributed by atoms with Gasteiger partial charge in [0.2, 0.25) is 0 Å². The van der Waals surface area contributed by atoms with Gasteiger partial charge in [0, 0.05) is 0 Å². The predicted molar refractivity (Wildman–Crippen MR) is 86.2 cm³/mol. The monoisotopic (exact) mass is 354 g/mol. The Labute approximate surface area is 138 Å². The molecule has 9 heteroatoms. The van der Waals surface area contributed by atoms with Gasteiger partial charge in [0.25, 0.3) is 5.56 Å². The summed E-state index contributed by atoms with van der Waals surface area (Å²) in [5.41, 5.74) is 4.41. The lowest BCUT2D eigenvalue weighted by Crippen LogP contribution is -2.20. The first-order valence-corrected chi connectivity index (χ1v) is 7.06. The number of nitrogens with two attached hydrogens (primary N) is 1. The number of alkyl halides is 1. The zero-order valence-corrected chi connectivity index (χ0v) is 12.7. The summed E-state index contributed by atoms with van der Waals surface area (Å²) in [4.78, 5) is 15.9. The summed E-state index contributed by atoms with van der Waals surface area (Å²) in [7, 11) is 0.